The molecule has 106 valence electrons. The first-order chi connectivity index (χ1) is 8.95. The van der Waals surface area contributed by atoms with Crippen LogP contribution in [-0.4, -0.2) is 28.8 Å². The van der Waals surface area contributed by atoms with Gasteiger partial charge in [0.25, 0.3) is 0 Å². The number of benzene rings is 1. The predicted molar refractivity (Wildman–Crippen MR) is 71.5 cm³/mol. The van der Waals surface area contributed by atoms with Crippen LogP contribution in [0.15, 0.2) is 23.4 Å². The number of halogens is 1. The molecule has 0 amide bonds. The fraction of sp³-hybridized carbons (Fsp3) is 0.462. The zero-order chi connectivity index (χ0) is 14.4. The second-order valence-electron chi connectivity index (χ2n) is 4.73. The number of hydrogen-bond donors (Lipinski definition) is 4. The lowest BCUT2D eigenvalue weighted by atomic mass is 10.1. The molecule has 1 aromatic rings. The minimum atomic E-state index is -0.459. The van der Waals surface area contributed by atoms with E-state index >= 15 is 0 Å². The Hall–Kier alpha value is -1.66. The highest BCUT2D eigenvalue weighted by Gasteiger charge is 2.10. The van der Waals surface area contributed by atoms with E-state index in [9.17, 15) is 9.50 Å². The number of nitrogens with two attached hydrogens (primary N) is 1. The van der Waals surface area contributed by atoms with Gasteiger partial charge in [0.15, 0.2) is 5.84 Å². The molecular formula is C13H20FN3O2. The van der Waals surface area contributed by atoms with Crippen LogP contribution in [0.5, 0.6) is 0 Å². The zero-order valence-electron chi connectivity index (χ0n) is 11.1. The first-order valence-electron chi connectivity index (χ1n) is 6.10. The molecule has 0 spiro atoms. The third-order valence-electron chi connectivity index (χ3n) is 2.90. The van der Waals surface area contributed by atoms with Crippen molar-refractivity contribution in [3.8, 4) is 0 Å². The van der Waals surface area contributed by atoms with E-state index in [0.29, 0.717) is 24.2 Å². The van der Waals surface area contributed by atoms with Gasteiger partial charge >= 0.3 is 0 Å². The lowest BCUT2D eigenvalue weighted by Crippen LogP contribution is -2.30. The number of rotatable bonds is 6. The predicted octanol–water partition coefficient (Wildman–Crippen LogP) is 1.03. The Balaban J connectivity index is 2.61. The highest BCUT2D eigenvalue weighted by molar-refractivity contribution is 5.97. The summed E-state index contributed by atoms with van der Waals surface area (Å²) in [7, 11) is 0. The largest absolute Gasteiger partial charge is 0.409 e. The maximum absolute atomic E-state index is 13.7. The quantitative estimate of drug-likeness (QED) is 0.269. The Kier molecular flexibility index (Phi) is 5.72. The summed E-state index contributed by atoms with van der Waals surface area (Å²) in [6, 6.07) is 4.36. The molecule has 0 aliphatic heterocycles. The number of aliphatic hydroxyl groups is 1. The van der Waals surface area contributed by atoms with E-state index < -0.39 is 11.9 Å². The van der Waals surface area contributed by atoms with Gasteiger partial charge < -0.3 is 21.4 Å². The summed E-state index contributed by atoms with van der Waals surface area (Å²) in [6.07, 6.45) is -0.459. The fourth-order valence-electron chi connectivity index (χ4n) is 1.50. The molecule has 0 bridgehead atoms. The Bertz CT molecular complexity index is 450. The molecule has 0 fully saturated rings. The number of hydrogen-bond acceptors (Lipinski definition) is 4. The van der Waals surface area contributed by atoms with Crippen molar-refractivity contribution in [1.82, 2.24) is 5.32 Å². The Morgan fingerprint density at radius 3 is 2.68 bits per heavy atom. The van der Waals surface area contributed by atoms with Gasteiger partial charge in [-0.2, -0.15) is 0 Å². The lowest BCUT2D eigenvalue weighted by molar-refractivity contribution is 0.123. The summed E-state index contributed by atoms with van der Waals surface area (Å²) in [5.74, 6) is -0.412. The minimum absolute atomic E-state index is 0.131. The number of nitrogens with zero attached hydrogens (tertiary/aromatic N) is 1. The van der Waals surface area contributed by atoms with Crippen LogP contribution in [0.25, 0.3) is 0 Å². The van der Waals surface area contributed by atoms with Gasteiger partial charge in [-0.3, -0.25) is 0 Å². The summed E-state index contributed by atoms with van der Waals surface area (Å²) in [5, 5.41) is 23.9. The molecule has 1 aromatic carbocycles. The third kappa shape index (κ3) is 4.50. The molecule has 0 saturated carbocycles. The van der Waals surface area contributed by atoms with E-state index in [1.807, 2.05) is 13.8 Å². The summed E-state index contributed by atoms with van der Waals surface area (Å²) < 4.78 is 13.7. The number of aliphatic hydroxyl groups excluding tert-OH is 1. The zero-order valence-corrected chi connectivity index (χ0v) is 11.1. The van der Waals surface area contributed by atoms with Gasteiger partial charge in [0, 0.05) is 24.2 Å². The average Bonchev–Trinajstić information content (AvgIpc) is 2.39. The SMILES string of the molecule is CC(C)C(O)CNCc1ccc(/C(N)=N/O)cc1F. The van der Waals surface area contributed by atoms with Crippen LogP contribution < -0.4 is 11.1 Å². The topological polar surface area (TPSA) is 90.9 Å². The molecule has 0 aliphatic carbocycles. The standard InChI is InChI=1S/C13H20FN3O2/c1-8(2)12(18)7-16-6-10-4-3-9(5-11(10)14)13(15)17-19/h3-5,8,12,16,18-19H,6-7H2,1-2H3,(H2,15,17). The monoisotopic (exact) mass is 269 g/mol. The van der Waals surface area contributed by atoms with Crippen molar-refractivity contribution < 1.29 is 14.7 Å². The second-order valence-corrected chi connectivity index (χ2v) is 4.73. The van der Waals surface area contributed by atoms with Crippen molar-refractivity contribution in [1.29, 1.82) is 0 Å². The van der Waals surface area contributed by atoms with Gasteiger partial charge in [-0.25, -0.2) is 4.39 Å². The lowest BCUT2D eigenvalue weighted by Gasteiger charge is -2.15. The first kappa shape index (κ1) is 15.4. The second kappa shape index (κ2) is 7.06. The van der Waals surface area contributed by atoms with Crippen molar-refractivity contribution in [2.75, 3.05) is 6.54 Å². The van der Waals surface area contributed by atoms with Gasteiger partial charge in [-0.05, 0) is 12.0 Å². The molecule has 0 radical (unpaired) electrons. The normalized spacial score (nSPS) is 13.8. The molecular weight excluding hydrogens is 249 g/mol. The van der Waals surface area contributed by atoms with Crippen molar-refractivity contribution in [3.05, 3.63) is 35.1 Å². The summed E-state index contributed by atoms with van der Waals surface area (Å²) in [4.78, 5) is 0. The summed E-state index contributed by atoms with van der Waals surface area (Å²) in [5.41, 5.74) is 6.16. The van der Waals surface area contributed by atoms with Crippen molar-refractivity contribution >= 4 is 5.84 Å². The summed E-state index contributed by atoms with van der Waals surface area (Å²) in [6.45, 7) is 4.54. The Morgan fingerprint density at radius 2 is 2.16 bits per heavy atom. The van der Waals surface area contributed by atoms with Crippen LogP contribution >= 0.6 is 0 Å². The van der Waals surface area contributed by atoms with E-state index in [2.05, 4.69) is 10.5 Å². The maximum atomic E-state index is 13.7. The molecule has 19 heavy (non-hydrogen) atoms. The number of nitrogens with one attached hydrogen (secondary N) is 1. The van der Waals surface area contributed by atoms with Crippen LogP contribution in [0, 0.1) is 11.7 Å². The van der Waals surface area contributed by atoms with E-state index in [0.717, 1.165) is 0 Å². The molecule has 0 aromatic heterocycles. The molecule has 1 unspecified atom stereocenters. The van der Waals surface area contributed by atoms with Crippen LogP contribution in [0.2, 0.25) is 0 Å². The van der Waals surface area contributed by atoms with Crippen LogP contribution in [0.4, 0.5) is 4.39 Å². The van der Waals surface area contributed by atoms with Crippen molar-refractivity contribution in [2.45, 2.75) is 26.5 Å². The van der Waals surface area contributed by atoms with Gasteiger partial charge in [-0.1, -0.05) is 31.1 Å². The first-order valence-corrected chi connectivity index (χ1v) is 6.10. The molecule has 0 aliphatic rings. The van der Waals surface area contributed by atoms with Crippen LogP contribution in [0.3, 0.4) is 0 Å². The van der Waals surface area contributed by atoms with Crippen LogP contribution in [0.1, 0.15) is 25.0 Å². The smallest absolute Gasteiger partial charge is 0.170 e. The van der Waals surface area contributed by atoms with E-state index in [1.54, 1.807) is 12.1 Å². The Labute approximate surface area is 111 Å². The van der Waals surface area contributed by atoms with Gasteiger partial charge in [0.1, 0.15) is 5.82 Å². The van der Waals surface area contributed by atoms with E-state index in [1.165, 1.54) is 6.07 Å². The van der Waals surface area contributed by atoms with Gasteiger partial charge in [0.05, 0.1) is 6.10 Å². The van der Waals surface area contributed by atoms with Gasteiger partial charge in [-0.15, -0.1) is 0 Å². The highest BCUT2D eigenvalue weighted by Crippen LogP contribution is 2.10. The maximum Gasteiger partial charge on any atom is 0.170 e. The molecule has 5 nitrogen and oxygen atoms in total. The van der Waals surface area contributed by atoms with Crippen molar-refractivity contribution in [3.63, 3.8) is 0 Å². The van der Waals surface area contributed by atoms with Gasteiger partial charge in [0.2, 0.25) is 0 Å². The Morgan fingerprint density at radius 1 is 1.47 bits per heavy atom. The summed E-state index contributed by atoms with van der Waals surface area (Å²) >= 11 is 0. The average molecular weight is 269 g/mol. The molecule has 1 rings (SSSR count). The number of oxime groups is 1. The van der Waals surface area contributed by atoms with E-state index in [4.69, 9.17) is 10.9 Å². The molecule has 5 N–H and O–H groups in total. The molecule has 0 saturated heterocycles. The highest BCUT2D eigenvalue weighted by atomic mass is 19.1. The van der Waals surface area contributed by atoms with Crippen molar-refractivity contribution in [2.24, 2.45) is 16.8 Å². The van der Waals surface area contributed by atoms with Crippen LogP contribution in [-0.2, 0) is 6.54 Å². The fourth-order valence-corrected chi connectivity index (χ4v) is 1.50. The molecule has 6 heteroatoms. The number of amidine groups is 1. The van der Waals surface area contributed by atoms with E-state index in [-0.39, 0.29) is 11.8 Å². The molecule has 0 heterocycles. The minimum Gasteiger partial charge on any atom is -0.409 e. The molecule has 1 atom stereocenters. The third-order valence-corrected chi connectivity index (χ3v) is 2.90.